The second-order valence-electron chi connectivity index (χ2n) is 3.45. The maximum Gasteiger partial charge on any atom is 0.0881 e. The maximum atomic E-state index is 4.48. The molecular formula is C15H12S. The summed E-state index contributed by atoms with van der Waals surface area (Å²) in [5, 5.41) is -0.0265. The lowest BCUT2D eigenvalue weighted by Gasteiger charge is -2.01. The van der Waals surface area contributed by atoms with Crippen LogP contribution in [0.2, 0.25) is 0 Å². The average Bonchev–Trinajstić information content (AvgIpc) is 2.38. The molecule has 0 fully saturated rings. The molecule has 0 radical (unpaired) electrons. The van der Waals surface area contributed by atoms with Crippen LogP contribution in [-0.2, 0) is 0 Å². The molecule has 0 saturated heterocycles. The molecule has 0 aliphatic rings. The van der Waals surface area contributed by atoms with Gasteiger partial charge in [0.15, 0.2) is 0 Å². The van der Waals surface area contributed by atoms with Crippen LogP contribution < -0.4 is 0 Å². The fraction of sp³-hybridized carbons (Fsp3) is 0.0667. The van der Waals surface area contributed by atoms with Crippen LogP contribution in [0.5, 0.6) is 0 Å². The van der Waals surface area contributed by atoms with Crippen molar-refractivity contribution in [3.63, 3.8) is 0 Å². The summed E-state index contributed by atoms with van der Waals surface area (Å²) >= 11 is 4.48. The first-order valence-corrected chi connectivity index (χ1v) is 5.67. The van der Waals surface area contributed by atoms with Gasteiger partial charge in [-0.15, -0.1) is 0 Å². The lowest BCUT2D eigenvalue weighted by Crippen LogP contribution is -1.85. The molecule has 0 aromatic heterocycles. The van der Waals surface area contributed by atoms with E-state index in [2.05, 4.69) is 24.5 Å². The molecule has 0 nitrogen and oxygen atoms in total. The summed E-state index contributed by atoms with van der Waals surface area (Å²) in [7, 11) is 0. The van der Waals surface area contributed by atoms with Gasteiger partial charge in [-0.3, -0.25) is 0 Å². The molecule has 16 heavy (non-hydrogen) atoms. The van der Waals surface area contributed by atoms with Crippen molar-refractivity contribution >= 4 is 12.6 Å². The topological polar surface area (TPSA) is 0 Å². The highest BCUT2D eigenvalue weighted by Crippen LogP contribution is 2.18. The van der Waals surface area contributed by atoms with E-state index in [0.717, 1.165) is 11.1 Å². The Morgan fingerprint density at radius 1 is 0.812 bits per heavy atom. The summed E-state index contributed by atoms with van der Waals surface area (Å²) in [5.41, 5.74) is 2.16. The standard InChI is InChI=1S/C15H12S/c16-15(14-9-5-2-6-10-14)12-11-13-7-3-1-4-8-13/h1-10,15-16H. The van der Waals surface area contributed by atoms with Crippen molar-refractivity contribution < 1.29 is 0 Å². The highest BCUT2D eigenvalue weighted by molar-refractivity contribution is 7.80. The van der Waals surface area contributed by atoms with Gasteiger partial charge in [0.1, 0.15) is 0 Å². The molecule has 0 saturated carbocycles. The zero-order valence-electron chi connectivity index (χ0n) is 8.80. The van der Waals surface area contributed by atoms with Crippen LogP contribution in [0, 0.1) is 11.8 Å². The maximum absolute atomic E-state index is 4.48. The Labute approximate surface area is 102 Å². The Balaban J connectivity index is 2.15. The van der Waals surface area contributed by atoms with E-state index < -0.39 is 0 Å². The second-order valence-corrected chi connectivity index (χ2v) is 3.96. The average molecular weight is 224 g/mol. The summed E-state index contributed by atoms with van der Waals surface area (Å²) in [4.78, 5) is 0. The first-order valence-electron chi connectivity index (χ1n) is 5.16. The molecular weight excluding hydrogens is 212 g/mol. The summed E-state index contributed by atoms with van der Waals surface area (Å²) in [6, 6.07) is 20.0. The molecule has 0 heterocycles. The van der Waals surface area contributed by atoms with Crippen molar-refractivity contribution in [1.82, 2.24) is 0 Å². The molecule has 2 aromatic carbocycles. The van der Waals surface area contributed by atoms with Crippen molar-refractivity contribution in [3.8, 4) is 11.8 Å². The van der Waals surface area contributed by atoms with Crippen molar-refractivity contribution in [3.05, 3.63) is 71.8 Å². The van der Waals surface area contributed by atoms with Gasteiger partial charge in [0.05, 0.1) is 5.25 Å². The van der Waals surface area contributed by atoms with Gasteiger partial charge >= 0.3 is 0 Å². The molecule has 2 rings (SSSR count). The first kappa shape index (κ1) is 10.9. The molecule has 0 aliphatic carbocycles. The molecule has 1 unspecified atom stereocenters. The Kier molecular flexibility index (Phi) is 3.69. The van der Waals surface area contributed by atoms with Crippen LogP contribution in [0.3, 0.4) is 0 Å². The van der Waals surface area contributed by atoms with Crippen molar-refractivity contribution in [2.24, 2.45) is 0 Å². The van der Waals surface area contributed by atoms with E-state index in [1.165, 1.54) is 0 Å². The van der Waals surface area contributed by atoms with Gasteiger partial charge in [-0.05, 0) is 17.7 Å². The lowest BCUT2D eigenvalue weighted by molar-refractivity contribution is 1.29. The fourth-order valence-electron chi connectivity index (χ4n) is 1.39. The number of thiol groups is 1. The minimum atomic E-state index is -0.0265. The third-order valence-electron chi connectivity index (χ3n) is 2.24. The Morgan fingerprint density at radius 2 is 1.38 bits per heavy atom. The van der Waals surface area contributed by atoms with Crippen LogP contribution >= 0.6 is 12.6 Å². The van der Waals surface area contributed by atoms with Crippen LogP contribution in [0.4, 0.5) is 0 Å². The Morgan fingerprint density at radius 3 is 2.00 bits per heavy atom. The number of rotatable bonds is 1. The van der Waals surface area contributed by atoms with Crippen molar-refractivity contribution in [2.45, 2.75) is 5.25 Å². The van der Waals surface area contributed by atoms with Crippen LogP contribution in [0.25, 0.3) is 0 Å². The molecule has 0 amide bonds. The van der Waals surface area contributed by atoms with E-state index in [-0.39, 0.29) is 5.25 Å². The molecule has 0 spiro atoms. The predicted molar refractivity (Wildman–Crippen MR) is 71.5 cm³/mol. The largest absolute Gasteiger partial charge is 0.158 e. The van der Waals surface area contributed by atoms with Gasteiger partial charge in [-0.1, -0.05) is 60.4 Å². The molecule has 0 bridgehead atoms. The molecule has 0 N–H and O–H groups in total. The number of hydrogen-bond donors (Lipinski definition) is 1. The van der Waals surface area contributed by atoms with Crippen LogP contribution in [0.1, 0.15) is 16.4 Å². The van der Waals surface area contributed by atoms with E-state index >= 15 is 0 Å². The fourth-order valence-corrected chi connectivity index (χ4v) is 1.63. The monoisotopic (exact) mass is 224 g/mol. The molecule has 1 heteroatoms. The van der Waals surface area contributed by atoms with E-state index in [1.807, 2.05) is 60.7 Å². The van der Waals surface area contributed by atoms with Gasteiger partial charge in [0, 0.05) is 5.56 Å². The smallest absolute Gasteiger partial charge is 0.0881 e. The lowest BCUT2D eigenvalue weighted by atomic mass is 10.1. The zero-order valence-corrected chi connectivity index (χ0v) is 9.69. The summed E-state index contributed by atoms with van der Waals surface area (Å²) in [6.45, 7) is 0. The SMILES string of the molecule is SC(C#Cc1ccccc1)c1ccccc1. The molecule has 2 aromatic rings. The summed E-state index contributed by atoms with van der Waals surface area (Å²) in [5.74, 6) is 6.25. The van der Waals surface area contributed by atoms with Gasteiger partial charge in [-0.2, -0.15) is 12.6 Å². The zero-order chi connectivity index (χ0) is 11.2. The van der Waals surface area contributed by atoms with Crippen molar-refractivity contribution in [1.29, 1.82) is 0 Å². The van der Waals surface area contributed by atoms with Gasteiger partial charge in [0.25, 0.3) is 0 Å². The number of hydrogen-bond acceptors (Lipinski definition) is 1. The van der Waals surface area contributed by atoms with Crippen LogP contribution in [-0.4, -0.2) is 0 Å². The third kappa shape index (κ3) is 2.92. The highest BCUT2D eigenvalue weighted by Gasteiger charge is 1.99. The Bertz CT molecular complexity index is 491. The van der Waals surface area contributed by atoms with Crippen LogP contribution in [0.15, 0.2) is 60.7 Å². The summed E-state index contributed by atoms with van der Waals surface area (Å²) in [6.07, 6.45) is 0. The first-order chi connectivity index (χ1) is 7.86. The molecule has 78 valence electrons. The van der Waals surface area contributed by atoms with E-state index in [1.54, 1.807) is 0 Å². The third-order valence-corrected chi connectivity index (χ3v) is 2.67. The molecule has 1 atom stereocenters. The predicted octanol–water partition coefficient (Wildman–Crippen LogP) is 3.71. The minimum absolute atomic E-state index is 0.0265. The normalized spacial score (nSPS) is 11.3. The van der Waals surface area contributed by atoms with E-state index in [4.69, 9.17) is 0 Å². The van der Waals surface area contributed by atoms with E-state index in [9.17, 15) is 0 Å². The Hall–Kier alpha value is -1.65. The van der Waals surface area contributed by atoms with Gasteiger partial charge in [-0.25, -0.2) is 0 Å². The van der Waals surface area contributed by atoms with E-state index in [0.29, 0.717) is 0 Å². The second kappa shape index (κ2) is 5.44. The highest BCUT2D eigenvalue weighted by atomic mass is 32.1. The van der Waals surface area contributed by atoms with Gasteiger partial charge in [0.2, 0.25) is 0 Å². The van der Waals surface area contributed by atoms with Gasteiger partial charge < -0.3 is 0 Å². The number of benzene rings is 2. The van der Waals surface area contributed by atoms with Crippen molar-refractivity contribution in [2.75, 3.05) is 0 Å². The molecule has 0 aliphatic heterocycles. The minimum Gasteiger partial charge on any atom is -0.158 e. The summed E-state index contributed by atoms with van der Waals surface area (Å²) < 4.78 is 0. The quantitative estimate of drug-likeness (QED) is 0.554.